The van der Waals surface area contributed by atoms with Crippen molar-refractivity contribution in [2.45, 2.75) is 65.3 Å². The first-order chi connectivity index (χ1) is 8.88. The maximum Gasteiger partial charge on any atom is 0.317 e. The summed E-state index contributed by atoms with van der Waals surface area (Å²) in [4.78, 5) is 13.5. The summed E-state index contributed by atoms with van der Waals surface area (Å²) in [5.41, 5.74) is 0.283. The number of rotatable bonds is 5. The van der Waals surface area contributed by atoms with E-state index in [9.17, 15) is 9.90 Å². The molecule has 0 saturated heterocycles. The molecule has 0 aromatic carbocycles. The quantitative estimate of drug-likeness (QED) is 0.830. The van der Waals surface area contributed by atoms with Crippen molar-refractivity contribution in [3.8, 4) is 0 Å². The van der Waals surface area contributed by atoms with Gasteiger partial charge < -0.3 is 5.11 Å². The molecule has 3 heteroatoms. The standard InChI is InChI=1S/C16H29NO2/c1-16(2,3)13-6-4-5-7-14(13)17(11-15(18)19)10-12-8-9-12/h12-14H,4-11H2,1-3H3,(H,18,19). The lowest BCUT2D eigenvalue weighted by Gasteiger charge is -2.45. The van der Waals surface area contributed by atoms with Crippen LogP contribution >= 0.6 is 0 Å². The molecule has 2 fully saturated rings. The molecule has 0 radical (unpaired) electrons. The summed E-state index contributed by atoms with van der Waals surface area (Å²) in [6.07, 6.45) is 7.60. The van der Waals surface area contributed by atoms with Crippen LogP contribution in [0.15, 0.2) is 0 Å². The van der Waals surface area contributed by atoms with Crippen molar-refractivity contribution in [3.63, 3.8) is 0 Å². The Balaban J connectivity index is 2.08. The van der Waals surface area contributed by atoms with Crippen molar-refractivity contribution >= 4 is 5.97 Å². The molecular weight excluding hydrogens is 238 g/mol. The number of nitrogens with zero attached hydrogens (tertiary/aromatic N) is 1. The van der Waals surface area contributed by atoms with Crippen LogP contribution in [0.25, 0.3) is 0 Å². The molecule has 2 aliphatic carbocycles. The molecule has 1 N–H and O–H groups in total. The van der Waals surface area contributed by atoms with Crippen molar-refractivity contribution in [3.05, 3.63) is 0 Å². The van der Waals surface area contributed by atoms with E-state index in [1.54, 1.807) is 0 Å². The van der Waals surface area contributed by atoms with Crippen LogP contribution in [0.3, 0.4) is 0 Å². The Kier molecular flexibility index (Phi) is 4.54. The average Bonchev–Trinajstić information content (AvgIpc) is 3.10. The summed E-state index contributed by atoms with van der Waals surface area (Å²) in [5, 5.41) is 9.20. The molecule has 110 valence electrons. The number of aliphatic carboxylic acids is 1. The topological polar surface area (TPSA) is 40.5 Å². The molecule has 0 amide bonds. The highest BCUT2D eigenvalue weighted by Gasteiger charge is 2.39. The fourth-order valence-electron chi connectivity index (χ4n) is 3.68. The largest absolute Gasteiger partial charge is 0.480 e. The lowest BCUT2D eigenvalue weighted by molar-refractivity contribution is -0.140. The number of hydrogen-bond acceptors (Lipinski definition) is 2. The molecule has 0 heterocycles. The Morgan fingerprint density at radius 2 is 1.79 bits per heavy atom. The van der Waals surface area contributed by atoms with Crippen molar-refractivity contribution in [2.24, 2.45) is 17.3 Å². The second kappa shape index (κ2) is 5.82. The van der Waals surface area contributed by atoms with Gasteiger partial charge >= 0.3 is 5.97 Å². The minimum absolute atomic E-state index is 0.230. The number of hydrogen-bond donors (Lipinski definition) is 1. The Morgan fingerprint density at radius 3 is 2.32 bits per heavy atom. The van der Waals surface area contributed by atoms with Gasteiger partial charge in [-0.3, -0.25) is 9.69 Å². The number of carboxylic acids is 1. The van der Waals surface area contributed by atoms with Crippen molar-refractivity contribution in [1.82, 2.24) is 4.90 Å². The van der Waals surface area contributed by atoms with Crippen LogP contribution in [0.4, 0.5) is 0 Å². The SMILES string of the molecule is CC(C)(C)C1CCCCC1N(CC(=O)O)CC1CC1. The van der Waals surface area contributed by atoms with E-state index in [0.29, 0.717) is 12.0 Å². The third-order valence-electron chi connectivity index (χ3n) is 4.84. The summed E-state index contributed by atoms with van der Waals surface area (Å²) in [6.45, 7) is 8.17. The molecule has 0 aromatic heterocycles. The minimum atomic E-state index is -0.668. The lowest BCUT2D eigenvalue weighted by Crippen LogP contribution is -2.49. The van der Waals surface area contributed by atoms with E-state index in [0.717, 1.165) is 12.5 Å². The van der Waals surface area contributed by atoms with Crippen LogP contribution < -0.4 is 0 Å². The first-order valence-electron chi connectivity index (χ1n) is 7.84. The molecule has 0 spiro atoms. The highest BCUT2D eigenvalue weighted by molar-refractivity contribution is 5.69. The van der Waals surface area contributed by atoms with Crippen molar-refractivity contribution < 1.29 is 9.90 Å². The molecule has 0 bridgehead atoms. The predicted molar refractivity (Wildman–Crippen MR) is 77.1 cm³/mol. The zero-order chi connectivity index (χ0) is 14.0. The zero-order valence-electron chi connectivity index (χ0n) is 12.7. The molecule has 3 nitrogen and oxygen atoms in total. The van der Waals surface area contributed by atoms with Crippen LogP contribution in [0.5, 0.6) is 0 Å². The average molecular weight is 267 g/mol. The van der Waals surface area contributed by atoms with Gasteiger partial charge in [0.1, 0.15) is 0 Å². The highest BCUT2D eigenvalue weighted by atomic mass is 16.4. The van der Waals surface area contributed by atoms with E-state index >= 15 is 0 Å². The molecule has 2 atom stereocenters. The van der Waals surface area contributed by atoms with Crippen molar-refractivity contribution in [2.75, 3.05) is 13.1 Å². The zero-order valence-corrected chi connectivity index (χ0v) is 12.7. The van der Waals surface area contributed by atoms with Crippen LogP contribution in [-0.2, 0) is 4.79 Å². The maximum atomic E-state index is 11.2. The first kappa shape index (κ1) is 14.8. The first-order valence-corrected chi connectivity index (χ1v) is 7.84. The van der Waals surface area contributed by atoms with Gasteiger partial charge in [0.15, 0.2) is 0 Å². The van der Waals surface area contributed by atoms with E-state index in [1.807, 2.05) is 0 Å². The molecule has 2 rings (SSSR count). The second-order valence-electron chi connectivity index (χ2n) is 7.59. The Labute approximate surface area is 117 Å². The molecule has 2 saturated carbocycles. The highest BCUT2D eigenvalue weighted by Crippen LogP contribution is 2.41. The monoisotopic (exact) mass is 267 g/mol. The molecule has 0 aromatic rings. The van der Waals surface area contributed by atoms with Crippen LogP contribution in [0.1, 0.15) is 59.3 Å². The van der Waals surface area contributed by atoms with Gasteiger partial charge in [0.2, 0.25) is 0 Å². The molecule has 2 unspecified atom stereocenters. The van der Waals surface area contributed by atoms with E-state index < -0.39 is 5.97 Å². The summed E-state index contributed by atoms with van der Waals surface area (Å²) in [6, 6.07) is 0.477. The summed E-state index contributed by atoms with van der Waals surface area (Å²) in [7, 11) is 0. The van der Waals surface area contributed by atoms with Gasteiger partial charge in [0, 0.05) is 12.6 Å². The Hall–Kier alpha value is -0.570. The smallest absolute Gasteiger partial charge is 0.317 e. The summed E-state index contributed by atoms with van der Waals surface area (Å²) >= 11 is 0. The number of carbonyl (C=O) groups is 1. The molecule has 0 aliphatic heterocycles. The summed E-state index contributed by atoms with van der Waals surface area (Å²) in [5.74, 6) is 0.736. The number of carboxylic acid groups (broad SMARTS) is 1. The normalized spacial score (nSPS) is 28.6. The van der Waals surface area contributed by atoms with Crippen LogP contribution in [-0.4, -0.2) is 35.1 Å². The third kappa shape index (κ3) is 4.20. The van der Waals surface area contributed by atoms with Gasteiger partial charge in [0.05, 0.1) is 6.54 Å². The molecule has 2 aliphatic rings. The Morgan fingerprint density at radius 1 is 1.16 bits per heavy atom. The van der Waals surface area contributed by atoms with Gasteiger partial charge in [0.25, 0.3) is 0 Å². The van der Waals surface area contributed by atoms with E-state index in [1.165, 1.54) is 38.5 Å². The van der Waals surface area contributed by atoms with Gasteiger partial charge in [-0.1, -0.05) is 33.6 Å². The second-order valence-corrected chi connectivity index (χ2v) is 7.59. The van der Waals surface area contributed by atoms with E-state index in [2.05, 4.69) is 25.7 Å². The van der Waals surface area contributed by atoms with Gasteiger partial charge in [-0.05, 0) is 42.9 Å². The van der Waals surface area contributed by atoms with Gasteiger partial charge in [-0.2, -0.15) is 0 Å². The van der Waals surface area contributed by atoms with Crippen molar-refractivity contribution in [1.29, 1.82) is 0 Å². The predicted octanol–water partition coefficient (Wildman–Crippen LogP) is 3.39. The Bertz CT molecular complexity index is 317. The molecule has 19 heavy (non-hydrogen) atoms. The summed E-state index contributed by atoms with van der Waals surface area (Å²) < 4.78 is 0. The van der Waals surface area contributed by atoms with Gasteiger partial charge in [-0.15, -0.1) is 0 Å². The van der Waals surface area contributed by atoms with Crippen LogP contribution in [0, 0.1) is 17.3 Å². The van der Waals surface area contributed by atoms with E-state index in [-0.39, 0.29) is 12.0 Å². The van der Waals surface area contributed by atoms with Crippen LogP contribution in [0.2, 0.25) is 0 Å². The lowest BCUT2D eigenvalue weighted by atomic mass is 9.69. The third-order valence-corrected chi connectivity index (χ3v) is 4.84. The fourth-order valence-corrected chi connectivity index (χ4v) is 3.68. The molecular formula is C16H29NO2. The van der Waals surface area contributed by atoms with Gasteiger partial charge in [-0.25, -0.2) is 0 Å². The van der Waals surface area contributed by atoms with E-state index in [4.69, 9.17) is 0 Å². The fraction of sp³-hybridized carbons (Fsp3) is 0.938. The maximum absolute atomic E-state index is 11.2. The minimum Gasteiger partial charge on any atom is -0.480 e.